The van der Waals surface area contributed by atoms with Crippen LogP contribution in [0, 0.1) is 0 Å². The van der Waals surface area contributed by atoms with E-state index in [1.165, 1.54) is 27.4 Å². The second kappa shape index (κ2) is 7.62. The molecule has 1 aliphatic rings. The van der Waals surface area contributed by atoms with E-state index in [1.807, 2.05) is 0 Å². The highest BCUT2D eigenvalue weighted by Crippen LogP contribution is 2.21. The molecule has 1 aliphatic heterocycles. The van der Waals surface area contributed by atoms with Crippen molar-refractivity contribution in [2.45, 2.75) is 4.90 Å². The average molecular weight is 433 g/mol. The summed E-state index contributed by atoms with van der Waals surface area (Å²) in [6.07, 6.45) is 0. The van der Waals surface area contributed by atoms with E-state index in [2.05, 4.69) is 0 Å². The Morgan fingerprint density at radius 1 is 0.966 bits per heavy atom. The van der Waals surface area contributed by atoms with Gasteiger partial charge in [0.15, 0.2) is 0 Å². The third-order valence-corrected chi connectivity index (χ3v) is 6.96. The van der Waals surface area contributed by atoms with Crippen LogP contribution in [0.2, 0.25) is 5.02 Å². The van der Waals surface area contributed by atoms with E-state index in [1.54, 1.807) is 36.4 Å². The maximum atomic E-state index is 12.8. The number of amides is 1. The van der Waals surface area contributed by atoms with E-state index >= 15 is 0 Å². The fourth-order valence-corrected chi connectivity index (χ4v) is 5.01. The SMILES string of the molecule is O=C(c1cc2ccccc2oc1=O)N1CCN(S(=O)(=O)c2cccc(Cl)c2)CC1. The number of para-hydroxylation sites is 1. The van der Waals surface area contributed by atoms with Crippen molar-refractivity contribution in [1.29, 1.82) is 0 Å². The number of piperazine rings is 1. The molecule has 1 amide bonds. The van der Waals surface area contributed by atoms with E-state index in [0.29, 0.717) is 16.0 Å². The number of hydrogen-bond donors (Lipinski definition) is 0. The van der Waals surface area contributed by atoms with E-state index < -0.39 is 21.6 Å². The van der Waals surface area contributed by atoms with Crippen LogP contribution in [0.15, 0.2) is 68.7 Å². The zero-order valence-electron chi connectivity index (χ0n) is 15.2. The van der Waals surface area contributed by atoms with Gasteiger partial charge in [0.1, 0.15) is 11.1 Å². The molecule has 0 radical (unpaired) electrons. The molecule has 0 saturated carbocycles. The number of nitrogens with zero attached hydrogens (tertiary/aromatic N) is 2. The molecule has 9 heteroatoms. The van der Waals surface area contributed by atoms with Crippen LogP contribution in [0.25, 0.3) is 11.0 Å². The molecule has 0 spiro atoms. The van der Waals surface area contributed by atoms with Gasteiger partial charge in [-0.05, 0) is 30.3 Å². The summed E-state index contributed by atoms with van der Waals surface area (Å²) < 4.78 is 32.1. The molecule has 4 rings (SSSR count). The lowest BCUT2D eigenvalue weighted by atomic mass is 10.1. The van der Waals surface area contributed by atoms with Gasteiger partial charge in [0.2, 0.25) is 10.0 Å². The molecule has 150 valence electrons. The van der Waals surface area contributed by atoms with Crippen molar-refractivity contribution in [2.75, 3.05) is 26.2 Å². The normalized spacial score (nSPS) is 15.6. The molecule has 0 N–H and O–H groups in total. The standard InChI is InChI=1S/C20H17ClN2O5S/c21-15-5-3-6-16(13-15)29(26,27)23-10-8-22(9-11-23)19(24)17-12-14-4-1-2-7-18(14)28-20(17)25/h1-7,12-13H,8-11H2. The first kappa shape index (κ1) is 19.6. The summed E-state index contributed by atoms with van der Waals surface area (Å²) in [5, 5.41) is 0.987. The Hall–Kier alpha value is -2.68. The van der Waals surface area contributed by atoms with E-state index in [0.717, 1.165) is 0 Å². The molecule has 1 saturated heterocycles. The van der Waals surface area contributed by atoms with Crippen molar-refractivity contribution in [1.82, 2.24) is 9.21 Å². The van der Waals surface area contributed by atoms with Gasteiger partial charge in [-0.3, -0.25) is 4.79 Å². The van der Waals surface area contributed by atoms with Crippen molar-refractivity contribution in [3.63, 3.8) is 0 Å². The van der Waals surface area contributed by atoms with E-state index in [9.17, 15) is 18.0 Å². The van der Waals surface area contributed by atoms with Gasteiger partial charge < -0.3 is 9.32 Å². The molecule has 2 heterocycles. The monoisotopic (exact) mass is 432 g/mol. The number of hydrogen-bond acceptors (Lipinski definition) is 5. The number of halogens is 1. The average Bonchev–Trinajstić information content (AvgIpc) is 2.73. The Balaban J connectivity index is 1.52. The maximum Gasteiger partial charge on any atom is 0.349 e. The quantitative estimate of drug-likeness (QED) is 0.593. The summed E-state index contributed by atoms with van der Waals surface area (Å²) in [6.45, 7) is 0.592. The molecule has 2 aromatic carbocycles. The molecule has 0 atom stereocenters. The molecule has 1 aromatic heterocycles. The zero-order valence-corrected chi connectivity index (χ0v) is 16.8. The summed E-state index contributed by atoms with van der Waals surface area (Å²) in [5.41, 5.74) is -0.357. The second-order valence-electron chi connectivity index (χ2n) is 6.64. The lowest BCUT2D eigenvalue weighted by molar-refractivity contribution is 0.0694. The maximum absolute atomic E-state index is 12.8. The second-order valence-corrected chi connectivity index (χ2v) is 9.01. The molecule has 7 nitrogen and oxygen atoms in total. The number of rotatable bonds is 3. The Labute approximate surface area is 172 Å². The molecule has 29 heavy (non-hydrogen) atoms. The number of carbonyl (C=O) groups excluding carboxylic acids is 1. The van der Waals surface area contributed by atoms with Crippen LogP contribution < -0.4 is 5.63 Å². The van der Waals surface area contributed by atoms with Gasteiger partial charge in [-0.15, -0.1) is 0 Å². The number of sulfonamides is 1. The highest BCUT2D eigenvalue weighted by atomic mass is 35.5. The fourth-order valence-electron chi connectivity index (χ4n) is 3.29. The Morgan fingerprint density at radius 2 is 1.69 bits per heavy atom. The predicted octanol–water partition coefficient (Wildman–Crippen LogP) is 2.59. The van der Waals surface area contributed by atoms with Crippen molar-refractivity contribution < 1.29 is 17.6 Å². The Bertz CT molecular complexity index is 1250. The minimum atomic E-state index is -3.70. The molecule has 3 aromatic rings. The van der Waals surface area contributed by atoms with Gasteiger partial charge in [-0.25, -0.2) is 13.2 Å². The number of benzene rings is 2. The summed E-state index contributed by atoms with van der Waals surface area (Å²) in [4.78, 5) is 26.6. The molecule has 1 fully saturated rings. The van der Waals surface area contributed by atoms with Gasteiger partial charge in [0.05, 0.1) is 4.90 Å². The van der Waals surface area contributed by atoms with Crippen molar-refractivity contribution in [3.8, 4) is 0 Å². The molecule has 0 bridgehead atoms. The summed E-state index contributed by atoms with van der Waals surface area (Å²) >= 11 is 5.90. The van der Waals surface area contributed by atoms with E-state index in [-0.39, 0.29) is 36.6 Å². The Kier molecular flexibility index (Phi) is 5.16. The first-order chi connectivity index (χ1) is 13.9. The van der Waals surface area contributed by atoms with Gasteiger partial charge in [0.25, 0.3) is 5.91 Å². The Morgan fingerprint density at radius 3 is 2.41 bits per heavy atom. The summed E-state index contributed by atoms with van der Waals surface area (Å²) in [7, 11) is -3.70. The number of fused-ring (bicyclic) bond motifs is 1. The van der Waals surface area contributed by atoms with Crippen LogP contribution in [0.1, 0.15) is 10.4 Å². The highest BCUT2D eigenvalue weighted by Gasteiger charge is 2.31. The summed E-state index contributed by atoms with van der Waals surface area (Å²) in [5.74, 6) is -0.468. The van der Waals surface area contributed by atoms with Crippen LogP contribution >= 0.6 is 11.6 Å². The predicted molar refractivity (Wildman–Crippen MR) is 109 cm³/mol. The zero-order chi connectivity index (χ0) is 20.6. The van der Waals surface area contributed by atoms with Crippen LogP contribution in [0.4, 0.5) is 0 Å². The van der Waals surface area contributed by atoms with Crippen LogP contribution in [-0.4, -0.2) is 49.7 Å². The minimum absolute atomic E-state index is 0.0603. The molecule has 0 aliphatic carbocycles. The third-order valence-electron chi connectivity index (χ3n) is 4.83. The lowest BCUT2D eigenvalue weighted by Crippen LogP contribution is -2.51. The summed E-state index contributed by atoms with van der Waals surface area (Å²) in [6, 6.07) is 14.5. The third kappa shape index (κ3) is 3.78. The highest BCUT2D eigenvalue weighted by molar-refractivity contribution is 7.89. The molecular weight excluding hydrogens is 416 g/mol. The number of carbonyl (C=O) groups is 1. The van der Waals surface area contributed by atoms with Crippen molar-refractivity contribution >= 4 is 38.5 Å². The molecular formula is C20H17ClN2O5S. The fraction of sp³-hybridized carbons (Fsp3) is 0.200. The first-order valence-electron chi connectivity index (χ1n) is 8.94. The van der Waals surface area contributed by atoms with E-state index in [4.69, 9.17) is 16.0 Å². The first-order valence-corrected chi connectivity index (χ1v) is 10.8. The van der Waals surface area contributed by atoms with Gasteiger partial charge in [0, 0.05) is 36.6 Å². The largest absolute Gasteiger partial charge is 0.422 e. The molecule has 0 unspecified atom stereocenters. The smallest absolute Gasteiger partial charge is 0.349 e. The van der Waals surface area contributed by atoms with Gasteiger partial charge in [-0.1, -0.05) is 35.9 Å². The van der Waals surface area contributed by atoms with Gasteiger partial charge >= 0.3 is 5.63 Å². The van der Waals surface area contributed by atoms with Crippen LogP contribution in [0.5, 0.6) is 0 Å². The minimum Gasteiger partial charge on any atom is -0.422 e. The van der Waals surface area contributed by atoms with Crippen molar-refractivity contribution in [2.24, 2.45) is 0 Å². The van der Waals surface area contributed by atoms with Crippen LogP contribution in [0.3, 0.4) is 0 Å². The topological polar surface area (TPSA) is 87.9 Å². The van der Waals surface area contributed by atoms with Gasteiger partial charge in [-0.2, -0.15) is 4.31 Å². The lowest BCUT2D eigenvalue weighted by Gasteiger charge is -2.33. The van der Waals surface area contributed by atoms with Crippen molar-refractivity contribution in [3.05, 3.63) is 75.6 Å². The van der Waals surface area contributed by atoms with Crippen LogP contribution in [-0.2, 0) is 10.0 Å².